The zero-order valence-corrected chi connectivity index (χ0v) is 12.8. The molecule has 0 spiro atoms. The third kappa shape index (κ3) is 4.80. The highest BCUT2D eigenvalue weighted by atomic mass is 16.5. The van der Waals surface area contributed by atoms with Crippen LogP contribution >= 0.6 is 0 Å². The molecule has 3 nitrogen and oxygen atoms in total. The van der Waals surface area contributed by atoms with E-state index >= 15 is 0 Å². The van der Waals surface area contributed by atoms with Gasteiger partial charge in [0.05, 0.1) is 13.2 Å². The average molecular weight is 285 g/mol. The minimum Gasteiger partial charge on any atom is -0.490 e. The molecule has 0 aromatic heterocycles. The number of rotatable bonds is 8. The topological polar surface area (TPSA) is 30.5 Å². The molecule has 0 heterocycles. The quantitative estimate of drug-likeness (QED) is 0.801. The van der Waals surface area contributed by atoms with E-state index in [9.17, 15) is 0 Å². The standard InChI is InChI=1S/C18H23NO2/c1-3-20-17-11-10-16(12-18(17)21-4-2)14-19-13-15-8-6-5-7-9-15/h5-12,19H,3-4,13-14H2,1-2H3. The Kier molecular flexibility index (Phi) is 6.10. The van der Waals surface area contributed by atoms with Crippen LogP contribution in [0.25, 0.3) is 0 Å². The van der Waals surface area contributed by atoms with E-state index in [-0.39, 0.29) is 0 Å². The molecule has 1 N–H and O–H groups in total. The predicted octanol–water partition coefficient (Wildman–Crippen LogP) is 3.77. The first-order chi connectivity index (χ1) is 10.3. The van der Waals surface area contributed by atoms with Crippen LogP contribution < -0.4 is 14.8 Å². The van der Waals surface area contributed by atoms with Gasteiger partial charge in [-0.25, -0.2) is 0 Å². The molecule has 0 bridgehead atoms. The number of nitrogens with one attached hydrogen (secondary N) is 1. The fourth-order valence-electron chi connectivity index (χ4n) is 2.15. The maximum atomic E-state index is 5.64. The van der Waals surface area contributed by atoms with Crippen LogP contribution in [0.5, 0.6) is 11.5 Å². The Morgan fingerprint density at radius 3 is 2.14 bits per heavy atom. The molecular weight excluding hydrogens is 262 g/mol. The van der Waals surface area contributed by atoms with E-state index in [1.165, 1.54) is 11.1 Å². The molecule has 3 heteroatoms. The van der Waals surface area contributed by atoms with Crippen molar-refractivity contribution in [3.8, 4) is 11.5 Å². The van der Waals surface area contributed by atoms with Gasteiger partial charge in [-0.2, -0.15) is 0 Å². The van der Waals surface area contributed by atoms with Crippen molar-refractivity contribution in [2.24, 2.45) is 0 Å². The second kappa shape index (κ2) is 8.32. The fourth-order valence-corrected chi connectivity index (χ4v) is 2.15. The smallest absolute Gasteiger partial charge is 0.161 e. The molecule has 0 aliphatic carbocycles. The van der Waals surface area contributed by atoms with E-state index in [1.807, 2.05) is 32.0 Å². The van der Waals surface area contributed by atoms with E-state index < -0.39 is 0 Å². The summed E-state index contributed by atoms with van der Waals surface area (Å²) in [6.07, 6.45) is 0. The summed E-state index contributed by atoms with van der Waals surface area (Å²) < 4.78 is 11.2. The summed E-state index contributed by atoms with van der Waals surface area (Å²) in [5.74, 6) is 1.63. The molecule has 0 aliphatic heterocycles. The lowest BCUT2D eigenvalue weighted by Gasteiger charge is -2.13. The third-order valence-corrected chi connectivity index (χ3v) is 3.11. The van der Waals surface area contributed by atoms with Crippen molar-refractivity contribution in [3.63, 3.8) is 0 Å². The molecule has 0 radical (unpaired) electrons. The van der Waals surface area contributed by atoms with Crippen molar-refractivity contribution in [2.45, 2.75) is 26.9 Å². The van der Waals surface area contributed by atoms with E-state index in [4.69, 9.17) is 9.47 Å². The van der Waals surface area contributed by atoms with Crippen molar-refractivity contribution >= 4 is 0 Å². The molecular formula is C18H23NO2. The molecule has 0 aliphatic rings. The van der Waals surface area contributed by atoms with Crippen LogP contribution in [0.15, 0.2) is 48.5 Å². The Morgan fingerprint density at radius 1 is 0.762 bits per heavy atom. The SMILES string of the molecule is CCOc1ccc(CNCc2ccccc2)cc1OCC. The van der Waals surface area contributed by atoms with Gasteiger partial charge in [0, 0.05) is 13.1 Å². The Balaban J connectivity index is 1.95. The summed E-state index contributed by atoms with van der Waals surface area (Å²) in [6.45, 7) is 6.91. The minimum absolute atomic E-state index is 0.640. The van der Waals surface area contributed by atoms with E-state index in [0.717, 1.165) is 24.6 Å². The van der Waals surface area contributed by atoms with Crippen molar-refractivity contribution in [2.75, 3.05) is 13.2 Å². The minimum atomic E-state index is 0.640. The van der Waals surface area contributed by atoms with E-state index in [1.54, 1.807) is 0 Å². The number of hydrogen-bond donors (Lipinski definition) is 1. The monoisotopic (exact) mass is 285 g/mol. The molecule has 112 valence electrons. The molecule has 2 rings (SSSR count). The second-order valence-corrected chi connectivity index (χ2v) is 4.74. The Hall–Kier alpha value is -2.00. The molecule has 0 saturated carbocycles. The van der Waals surface area contributed by atoms with Gasteiger partial charge in [0.1, 0.15) is 0 Å². The highest BCUT2D eigenvalue weighted by molar-refractivity contribution is 5.43. The van der Waals surface area contributed by atoms with Crippen LogP contribution in [0.3, 0.4) is 0 Å². The molecule has 2 aromatic rings. The number of hydrogen-bond acceptors (Lipinski definition) is 3. The van der Waals surface area contributed by atoms with Gasteiger partial charge in [0.15, 0.2) is 11.5 Å². The van der Waals surface area contributed by atoms with Crippen LogP contribution in [0.1, 0.15) is 25.0 Å². The van der Waals surface area contributed by atoms with Gasteiger partial charge in [-0.15, -0.1) is 0 Å². The highest BCUT2D eigenvalue weighted by Gasteiger charge is 2.05. The summed E-state index contributed by atoms with van der Waals surface area (Å²) in [5.41, 5.74) is 2.48. The lowest BCUT2D eigenvalue weighted by Crippen LogP contribution is -2.12. The maximum Gasteiger partial charge on any atom is 0.161 e. The molecule has 0 amide bonds. The molecule has 2 aromatic carbocycles. The van der Waals surface area contributed by atoms with Gasteiger partial charge in [-0.05, 0) is 37.1 Å². The number of benzene rings is 2. The molecule has 0 fully saturated rings. The van der Waals surface area contributed by atoms with Crippen molar-refractivity contribution < 1.29 is 9.47 Å². The fraction of sp³-hybridized carbons (Fsp3) is 0.333. The summed E-state index contributed by atoms with van der Waals surface area (Å²) in [6, 6.07) is 16.5. The van der Waals surface area contributed by atoms with Gasteiger partial charge in [0.25, 0.3) is 0 Å². The Bertz CT molecular complexity index is 540. The molecule has 0 unspecified atom stereocenters. The molecule has 21 heavy (non-hydrogen) atoms. The van der Waals surface area contributed by atoms with Gasteiger partial charge in [-0.1, -0.05) is 36.4 Å². The zero-order chi connectivity index (χ0) is 14.9. The third-order valence-electron chi connectivity index (χ3n) is 3.11. The van der Waals surface area contributed by atoms with Crippen LogP contribution in [0, 0.1) is 0 Å². The lowest BCUT2D eigenvalue weighted by atomic mass is 10.2. The van der Waals surface area contributed by atoms with Crippen LogP contribution in [-0.4, -0.2) is 13.2 Å². The Morgan fingerprint density at radius 2 is 1.43 bits per heavy atom. The first kappa shape index (κ1) is 15.4. The van der Waals surface area contributed by atoms with E-state index in [2.05, 4.69) is 35.6 Å². The summed E-state index contributed by atoms with van der Waals surface area (Å²) in [4.78, 5) is 0. The first-order valence-corrected chi connectivity index (χ1v) is 7.46. The number of ether oxygens (including phenoxy) is 2. The lowest BCUT2D eigenvalue weighted by molar-refractivity contribution is 0.287. The largest absolute Gasteiger partial charge is 0.490 e. The van der Waals surface area contributed by atoms with Crippen molar-refractivity contribution in [1.82, 2.24) is 5.32 Å². The summed E-state index contributed by atoms with van der Waals surface area (Å²) in [7, 11) is 0. The van der Waals surface area contributed by atoms with Gasteiger partial charge >= 0.3 is 0 Å². The average Bonchev–Trinajstić information content (AvgIpc) is 2.51. The predicted molar refractivity (Wildman–Crippen MR) is 85.8 cm³/mol. The Labute approximate surface area is 126 Å². The van der Waals surface area contributed by atoms with Gasteiger partial charge in [0.2, 0.25) is 0 Å². The van der Waals surface area contributed by atoms with Gasteiger partial charge < -0.3 is 14.8 Å². The summed E-state index contributed by atoms with van der Waals surface area (Å²) in [5, 5.41) is 3.44. The van der Waals surface area contributed by atoms with Crippen LogP contribution in [0.2, 0.25) is 0 Å². The van der Waals surface area contributed by atoms with Crippen molar-refractivity contribution in [3.05, 3.63) is 59.7 Å². The van der Waals surface area contributed by atoms with Crippen molar-refractivity contribution in [1.29, 1.82) is 0 Å². The van der Waals surface area contributed by atoms with Gasteiger partial charge in [-0.3, -0.25) is 0 Å². The molecule has 0 saturated heterocycles. The van der Waals surface area contributed by atoms with Crippen LogP contribution in [-0.2, 0) is 13.1 Å². The second-order valence-electron chi connectivity index (χ2n) is 4.74. The maximum absolute atomic E-state index is 5.64. The van der Waals surface area contributed by atoms with Crippen LogP contribution in [0.4, 0.5) is 0 Å². The zero-order valence-electron chi connectivity index (χ0n) is 12.8. The first-order valence-electron chi connectivity index (χ1n) is 7.46. The normalized spacial score (nSPS) is 10.4. The van der Waals surface area contributed by atoms with E-state index in [0.29, 0.717) is 13.2 Å². The molecule has 0 atom stereocenters. The summed E-state index contributed by atoms with van der Waals surface area (Å²) >= 11 is 0. The highest BCUT2D eigenvalue weighted by Crippen LogP contribution is 2.28.